The van der Waals surface area contributed by atoms with Gasteiger partial charge < -0.3 is 25.0 Å². The molecule has 1 aromatic rings. The van der Waals surface area contributed by atoms with Crippen molar-refractivity contribution in [3.05, 3.63) is 28.7 Å². The lowest BCUT2D eigenvalue weighted by atomic mass is 10.1. The molecular formula is C19H30BrIN4O3. The fourth-order valence-electron chi connectivity index (χ4n) is 2.93. The first kappa shape index (κ1) is 25.1. The summed E-state index contributed by atoms with van der Waals surface area (Å²) in [4.78, 5) is 18.6. The molecule has 0 radical (unpaired) electrons. The number of methoxy groups -OCH3 is 1. The molecule has 1 atom stereocenters. The third-order valence-electron chi connectivity index (χ3n) is 4.35. The number of carbonyl (C=O) groups excluding carboxylic acids is 1. The van der Waals surface area contributed by atoms with Crippen molar-refractivity contribution in [1.82, 2.24) is 10.2 Å². The van der Waals surface area contributed by atoms with Gasteiger partial charge in [0.25, 0.3) is 0 Å². The van der Waals surface area contributed by atoms with E-state index in [2.05, 4.69) is 36.5 Å². The molecule has 1 heterocycles. The number of benzene rings is 1. The Morgan fingerprint density at radius 1 is 1.32 bits per heavy atom. The second kappa shape index (κ2) is 14.1. The molecule has 9 heteroatoms. The van der Waals surface area contributed by atoms with E-state index < -0.39 is 0 Å². The molecular weight excluding hydrogens is 539 g/mol. The van der Waals surface area contributed by atoms with Gasteiger partial charge in [0.05, 0.1) is 19.8 Å². The van der Waals surface area contributed by atoms with Gasteiger partial charge in [-0.3, -0.25) is 9.79 Å². The topological polar surface area (TPSA) is 75.2 Å². The summed E-state index contributed by atoms with van der Waals surface area (Å²) in [7, 11) is 3.45. The van der Waals surface area contributed by atoms with Gasteiger partial charge in [-0.05, 0) is 30.7 Å². The summed E-state index contributed by atoms with van der Waals surface area (Å²) in [5, 5.41) is 6.17. The van der Waals surface area contributed by atoms with E-state index in [0.717, 1.165) is 42.2 Å². The number of nitrogens with one attached hydrogen (secondary N) is 2. The second-order valence-corrected chi connectivity index (χ2v) is 7.36. The standard InChI is InChI=1S/C19H29BrN4O3.HI/c1-21-19(24-10-8-15(13-24)14-27-12-11-26-2)22-9-7-18(25)23-17-5-3-16(20)4-6-17;/h3-6,15H,7-14H2,1-2H3,(H,21,22)(H,23,25);1H. The monoisotopic (exact) mass is 568 g/mol. The van der Waals surface area contributed by atoms with E-state index in [9.17, 15) is 4.79 Å². The average Bonchev–Trinajstić information content (AvgIpc) is 3.13. The van der Waals surface area contributed by atoms with Crippen molar-refractivity contribution in [3.63, 3.8) is 0 Å². The van der Waals surface area contributed by atoms with Crippen molar-refractivity contribution in [3.8, 4) is 0 Å². The van der Waals surface area contributed by atoms with Crippen molar-refractivity contribution in [2.24, 2.45) is 10.9 Å². The van der Waals surface area contributed by atoms with Crippen molar-refractivity contribution in [2.75, 3.05) is 58.9 Å². The van der Waals surface area contributed by atoms with Crippen LogP contribution in [0.15, 0.2) is 33.7 Å². The van der Waals surface area contributed by atoms with E-state index in [1.165, 1.54) is 0 Å². The molecule has 158 valence electrons. The van der Waals surface area contributed by atoms with E-state index in [1.807, 2.05) is 24.3 Å². The highest BCUT2D eigenvalue weighted by molar-refractivity contribution is 14.0. The number of likely N-dealkylation sites (tertiary alicyclic amines) is 1. The summed E-state index contributed by atoms with van der Waals surface area (Å²) in [5.41, 5.74) is 0.795. The van der Waals surface area contributed by atoms with Gasteiger partial charge in [0.2, 0.25) is 5.91 Å². The zero-order valence-corrected chi connectivity index (χ0v) is 20.4. The molecule has 0 spiro atoms. The van der Waals surface area contributed by atoms with Crippen LogP contribution in [0.4, 0.5) is 5.69 Å². The smallest absolute Gasteiger partial charge is 0.226 e. The van der Waals surface area contributed by atoms with Crippen LogP contribution in [-0.2, 0) is 14.3 Å². The molecule has 1 unspecified atom stereocenters. The van der Waals surface area contributed by atoms with Gasteiger partial charge in [-0.25, -0.2) is 0 Å². The zero-order valence-electron chi connectivity index (χ0n) is 16.4. The van der Waals surface area contributed by atoms with Gasteiger partial charge in [0.1, 0.15) is 0 Å². The Morgan fingerprint density at radius 2 is 2.07 bits per heavy atom. The van der Waals surface area contributed by atoms with Gasteiger partial charge in [0, 0.05) is 56.3 Å². The Labute approximate surface area is 192 Å². The molecule has 0 saturated carbocycles. The summed E-state index contributed by atoms with van der Waals surface area (Å²) in [5.74, 6) is 1.32. The van der Waals surface area contributed by atoms with Gasteiger partial charge in [-0.15, -0.1) is 24.0 Å². The van der Waals surface area contributed by atoms with Crippen molar-refractivity contribution in [1.29, 1.82) is 0 Å². The van der Waals surface area contributed by atoms with E-state index in [0.29, 0.717) is 32.1 Å². The number of hydrogen-bond acceptors (Lipinski definition) is 4. The Bertz CT molecular complexity index is 616. The first-order valence-corrected chi connectivity index (χ1v) is 9.99. The Balaban J connectivity index is 0.00000392. The first-order chi connectivity index (χ1) is 13.1. The van der Waals surface area contributed by atoms with Crippen molar-refractivity contribution < 1.29 is 14.3 Å². The third kappa shape index (κ3) is 9.06. The van der Waals surface area contributed by atoms with E-state index >= 15 is 0 Å². The minimum absolute atomic E-state index is 0. The molecule has 1 aromatic carbocycles. The van der Waals surface area contributed by atoms with Crippen LogP contribution in [-0.4, -0.2) is 70.4 Å². The van der Waals surface area contributed by atoms with Gasteiger partial charge >= 0.3 is 0 Å². The van der Waals surface area contributed by atoms with E-state index in [-0.39, 0.29) is 29.9 Å². The molecule has 1 aliphatic rings. The highest BCUT2D eigenvalue weighted by atomic mass is 127. The number of halogens is 2. The lowest BCUT2D eigenvalue weighted by molar-refractivity contribution is -0.116. The lowest BCUT2D eigenvalue weighted by Crippen LogP contribution is -2.41. The van der Waals surface area contributed by atoms with Crippen LogP contribution in [0, 0.1) is 5.92 Å². The number of rotatable bonds is 9. The predicted octanol–water partition coefficient (Wildman–Crippen LogP) is 2.96. The summed E-state index contributed by atoms with van der Waals surface area (Å²) in [6, 6.07) is 7.54. The number of guanidine groups is 1. The van der Waals surface area contributed by atoms with Gasteiger partial charge in [-0.2, -0.15) is 0 Å². The summed E-state index contributed by atoms with van der Waals surface area (Å²) >= 11 is 3.38. The predicted molar refractivity (Wildman–Crippen MR) is 127 cm³/mol. The van der Waals surface area contributed by atoms with E-state index in [4.69, 9.17) is 9.47 Å². The second-order valence-electron chi connectivity index (χ2n) is 6.45. The molecule has 2 N–H and O–H groups in total. The third-order valence-corrected chi connectivity index (χ3v) is 4.87. The van der Waals surface area contributed by atoms with Gasteiger partial charge in [-0.1, -0.05) is 15.9 Å². The largest absolute Gasteiger partial charge is 0.382 e. The molecule has 28 heavy (non-hydrogen) atoms. The van der Waals surface area contributed by atoms with Crippen LogP contribution in [0.2, 0.25) is 0 Å². The Morgan fingerprint density at radius 3 is 2.75 bits per heavy atom. The molecule has 2 rings (SSSR count). The van der Waals surface area contributed by atoms with Crippen LogP contribution in [0.5, 0.6) is 0 Å². The normalized spacial score (nSPS) is 16.6. The fraction of sp³-hybridized carbons (Fsp3) is 0.579. The van der Waals surface area contributed by atoms with Crippen LogP contribution in [0.1, 0.15) is 12.8 Å². The molecule has 1 amide bonds. The van der Waals surface area contributed by atoms with Gasteiger partial charge in [0.15, 0.2) is 5.96 Å². The van der Waals surface area contributed by atoms with Crippen LogP contribution in [0.25, 0.3) is 0 Å². The highest BCUT2D eigenvalue weighted by Crippen LogP contribution is 2.17. The molecule has 7 nitrogen and oxygen atoms in total. The van der Waals surface area contributed by atoms with Crippen LogP contribution < -0.4 is 10.6 Å². The molecule has 1 saturated heterocycles. The Kier molecular flexibility index (Phi) is 12.7. The summed E-state index contributed by atoms with van der Waals surface area (Å²) in [6.07, 6.45) is 1.46. The summed E-state index contributed by atoms with van der Waals surface area (Å²) in [6.45, 7) is 4.41. The Hall–Kier alpha value is -0.910. The van der Waals surface area contributed by atoms with E-state index in [1.54, 1.807) is 14.2 Å². The zero-order chi connectivity index (χ0) is 19.5. The molecule has 1 fully saturated rings. The number of carbonyl (C=O) groups is 1. The maximum Gasteiger partial charge on any atom is 0.226 e. The first-order valence-electron chi connectivity index (χ1n) is 9.20. The maximum absolute atomic E-state index is 12.1. The quantitative estimate of drug-likeness (QED) is 0.207. The lowest BCUT2D eigenvalue weighted by Gasteiger charge is -2.21. The molecule has 0 aliphatic carbocycles. The number of anilines is 1. The minimum atomic E-state index is -0.0221. The SMILES string of the molecule is CN=C(NCCC(=O)Nc1ccc(Br)cc1)N1CCC(COCCOC)C1.I. The van der Waals surface area contributed by atoms with Crippen LogP contribution in [0.3, 0.4) is 0 Å². The molecule has 0 bridgehead atoms. The minimum Gasteiger partial charge on any atom is -0.382 e. The number of ether oxygens (including phenoxy) is 2. The highest BCUT2D eigenvalue weighted by Gasteiger charge is 2.24. The summed E-state index contributed by atoms with van der Waals surface area (Å²) < 4.78 is 11.6. The number of aliphatic imine (C=N–C) groups is 1. The molecule has 1 aliphatic heterocycles. The average molecular weight is 569 g/mol. The number of nitrogens with zero attached hydrogens (tertiary/aromatic N) is 2. The fourth-order valence-corrected chi connectivity index (χ4v) is 3.19. The number of hydrogen-bond donors (Lipinski definition) is 2. The van der Waals surface area contributed by atoms with Crippen molar-refractivity contribution >= 4 is 57.5 Å². The van der Waals surface area contributed by atoms with Crippen LogP contribution >= 0.6 is 39.9 Å². The molecule has 0 aromatic heterocycles. The van der Waals surface area contributed by atoms with Crippen molar-refractivity contribution in [2.45, 2.75) is 12.8 Å². The number of amides is 1. The maximum atomic E-state index is 12.1.